The van der Waals surface area contributed by atoms with E-state index in [9.17, 15) is 13.2 Å². The Bertz CT molecular complexity index is 742. The molecule has 0 aromatic heterocycles. The van der Waals surface area contributed by atoms with Gasteiger partial charge in [-0.1, -0.05) is 30.3 Å². The fraction of sp³-hybridized carbons (Fsp3) is 0.368. The molecule has 2 aliphatic rings. The Hall–Kier alpha value is -2.01. The van der Waals surface area contributed by atoms with E-state index >= 15 is 0 Å². The summed E-state index contributed by atoms with van der Waals surface area (Å²) in [5.74, 6) is 0.294. The van der Waals surface area contributed by atoms with Crippen LogP contribution in [-0.2, 0) is 6.18 Å². The molecule has 0 spiro atoms. The zero-order valence-electron chi connectivity index (χ0n) is 13.1. The molecule has 3 N–H and O–H groups in total. The fourth-order valence-corrected chi connectivity index (χ4v) is 4.28. The molecule has 4 rings (SSSR count). The van der Waals surface area contributed by atoms with Crippen molar-refractivity contribution < 1.29 is 13.2 Å². The Balaban J connectivity index is 1.78. The Morgan fingerprint density at radius 1 is 1.00 bits per heavy atom. The van der Waals surface area contributed by atoms with Gasteiger partial charge >= 0.3 is 6.18 Å². The lowest BCUT2D eigenvalue weighted by atomic mass is 9.77. The van der Waals surface area contributed by atoms with Crippen LogP contribution < -0.4 is 11.1 Å². The lowest BCUT2D eigenvalue weighted by molar-refractivity contribution is -0.137. The first-order chi connectivity index (χ1) is 11.4. The van der Waals surface area contributed by atoms with E-state index in [1.807, 2.05) is 18.2 Å². The molecule has 1 aliphatic heterocycles. The average molecular weight is 332 g/mol. The molecule has 0 bridgehead atoms. The molecular formula is C19H19F3N2. The monoisotopic (exact) mass is 332 g/mol. The van der Waals surface area contributed by atoms with Gasteiger partial charge in [-0.2, -0.15) is 13.2 Å². The minimum absolute atomic E-state index is 0.0357. The first kappa shape index (κ1) is 15.5. The van der Waals surface area contributed by atoms with Crippen molar-refractivity contribution in [2.45, 2.75) is 37.0 Å². The number of hydrogen-bond acceptors (Lipinski definition) is 2. The zero-order chi connectivity index (χ0) is 16.9. The maximum Gasteiger partial charge on any atom is 0.416 e. The van der Waals surface area contributed by atoms with E-state index in [1.54, 1.807) is 6.07 Å². The zero-order valence-corrected chi connectivity index (χ0v) is 13.1. The molecule has 4 atom stereocenters. The summed E-state index contributed by atoms with van der Waals surface area (Å²) in [6.45, 7) is 0. The molecule has 1 saturated carbocycles. The molecule has 0 amide bonds. The molecule has 1 fully saturated rings. The van der Waals surface area contributed by atoms with Gasteiger partial charge in [0.1, 0.15) is 0 Å². The molecule has 24 heavy (non-hydrogen) atoms. The molecular weight excluding hydrogens is 313 g/mol. The predicted octanol–water partition coefficient (Wildman–Crippen LogP) is 4.69. The van der Waals surface area contributed by atoms with Crippen LogP contribution in [0.4, 0.5) is 18.9 Å². The number of anilines is 1. The summed E-state index contributed by atoms with van der Waals surface area (Å²) in [6.07, 6.45) is -2.75. The van der Waals surface area contributed by atoms with E-state index < -0.39 is 11.7 Å². The Kier molecular flexibility index (Phi) is 3.57. The number of fused-ring (bicyclic) bond motifs is 3. The van der Waals surface area contributed by atoms with Gasteiger partial charge in [-0.15, -0.1) is 0 Å². The Morgan fingerprint density at radius 3 is 2.46 bits per heavy atom. The highest BCUT2D eigenvalue weighted by Crippen LogP contribution is 2.53. The van der Waals surface area contributed by atoms with Crippen molar-refractivity contribution in [1.82, 2.24) is 0 Å². The molecule has 0 radical (unpaired) electrons. The SMILES string of the molecule is N[C@@H]1CC2[C@H](C1)c1cc(C(F)(F)F)ccc1N[C@H]2c1ccccc1. The maximum absolute atomic E-state index is 13.1. The smallest absolute Gasteiger partial charge is 0.378 e. The number of rotatable bonds is 1. The van der Waals surface area contributed by atoms with Crippen molar-refractivity contribution in [2.24, 2.45) is 11.7 Å². The van der Waals surface area contributed by atoms with Gasteiger partial charge in [-0.05, 0) is 54.0 Å². The summed E-state index contributed by atoms with van der Waals surface area (Å²) in [6, 6.07) is 14.2. The predicted molar refractivity (Wildman–Crippen MR) is 87.7 cm³/mol. The number of benzene rings is 2. The van der Waals surface area contributed by atoms with Crippen LogP contribution in [0.15, 0.2) is 48.5 Å². The standard InChI is InChI=1S/C19H19F3N2/c20-19(21,22)12-6-7-17-15(8-12)14-9-13(23)10-16(14)18(24-17)11-4-2-1-3-5-11/h1-8,13-14,16,18,24H,9-10,23H2/t13-,14+,16?,18-/m0/s1. The second-order valence-electron chi connectivity index (χ2n) is 6.83. The van der Waals surface area contributed by atoms with E-state index in [0.29, 0.717) is 0 Å². The van der Waals surface area contributed by atoms with Crippen LogP contribution in [0.1, 0.15) is 41.5 Å². The minimum Gasteiger partial charge on any atom is -0.378 e. The van der Waals surface area contributed by atoms with Crippen molar-refractivity contribution in [2.75, 3.05) is 5.32 Å². The lowest BCUT2D eigenvalue weighted by Crippen LogP contribution is -2.29. The van der Waals surface area contributed by atoms with Gasteiger partial charge in [0, 0.05) is 11.7 Å². The van der Waals surface area contributed by atoms with Crippen LogP contribution in [-0.4, -0.2) is 6.04 Å². The van der Waals surface area contributed by atoms with Gasteiger partial charge in [0.2, 0.25) is 0 Å². The maximum atomic E-state index is 13.1. The van der Waals surface area contributed by atoms with Gasteiger partial charge in [0.15, 0.2) is 0 Å². The van der Waals surface area contributed by atoms with Gasteiger partial charge in [-0.25, -0.2) is 0 Å². The summed E-state index contributed by atoms with van der Waals surface area (Å²) in [7, 11) is 0. The number of nitrogens with one attached hydrogen (secondary N) is 1. The molecule has 0 saturated heterocycles. The van der Waals surface area contributed by atoms with Gasteiger partial charge in [-0.3, -0.25) is 0 Å². The van der Waals surface area contributed by atoms with Crippen LogP contribution in [0.3, 0.4) is 0 Å². The Labute approximate surface area is 138 Å². The average Bonchev–Trinajstić information content (AvgIpc) is 2.95. The number of halogens is 3. The van der Waals surface area contributed by atoms with Crippen LogP contribution in [0, 0.1) is 5.92 Å². The van der Waals surface area contributed by atoms with Gasteiger partial charge in [0.25, 0.3) is 0 Å². The van der Waals surface area contributed by atoms with Crippen LogP contribution >= 0.6 is 0 Å². The normalized spacial score (nSPS) is 28.8. The lowest BCUT2D eigenvalue weighted by Gasteiger charge is -2.38. The summed E-state index contributed by atoms with van der Waals surface area (Å²) < 4.78 is 39.2. The quantitative estimate of drug-likeness (QED) is 0.795. The van der Waals surface area contributed by atoms with E-state index in [2.05, 4.69) is 17.4 Å². The van der Waals surface area contributed by atoms with Crippen molar-refractivity contribution in [3.05, 3.63) is 65.2 Å². The summed E-state index contributed by atoms with van der Waals surface area (Å²) in [5.41, 5.74) is 8.30. The van der Waals surface area contributed by atoms with E-state index in [4.69, 9.17) is 5.73 Å². The van der Waals surface area contributed by atoms with Gasteiger partial charge in [0.05, 0.1) is 11.6 Å². The van der Waals surface area contributed by atoms with Crippen LogP contribution in [0.25, 0.3) is 0 Å². The van der Waals surface area contributed by atoms with Crippen molar-refractivity contribution >= 4 is 5.69 Å². The first-order valence-corrected chi connectivity index (χ1v) is 8.21. The number of hydrogen-bond donors (Lipinski definition) is 2. The topological polar surface area (TPSA) is 38.0 Å². The van der Waals surface area contributed by atoms with Crippen molar-refractivity contribution in [1.29, 1.82) is 0 Å². The number of alkyl halides is 3. The van der Waals surface area contributed by atoms with Crippen LogP contribution in [0.2, 0.25) is 0 Å². The molecule has 5 heteroatoms. The third kappa shape index (κ3) is 2.57. The second-order valence-corrected chi connectivity index (χ2v) is 6.83. The fourth-order valence-electron chi connectivity index (χ4n) is 4.28. The third-order valence-corrected chi connectivity index (χ3v) is 5.32. The van der Waals surface area contributed by atoms with Gasteiger partial charge < -0.3 is 11.1 Å². The summed E-state index contributed by atoms with van der Waals surface area (Å²) >= 11 is 0. The van der Waals surface area contributed by atoms with Crippen molar-refractivity contribution in [3.8, 4) is 0 Å². The highest BCUT2D eigenvalue weighted by atomic mass is 19.4. The first-order valence-electron chi connectivity index (χ1n) is 8.21. The second kappa shape index (κ2) is 5.52. The van der Waals surface area contributed by atoms with E-state index in [0.717, 1.165) is 35.7 Å². The van der Waals surface area contributed by atoms with E-state index in [1.165, 1.54) is 6.07 Å². The summed E-state index contributed by atoms with van der Waals surface area (Å²) in [4.78, 5) is 0. The molecule has 1 unspecified atom stereocenters. The molecule has 1 aliphatic carbocycles. The Morgan fingerprint density at radius 2 is 1.75 bits per heavy atom. The highest BCUT2D eigenvalue weighted by molar-refractivity contribution is 5.59. The molecule has 1 heterocycles. The van der Waals surface area contributed by atoms with E-state index in [-0.39, 0.29) is 23.9 Å². The molecule has 2 aromatic carbocycles. The largest absolute Gasteiger partial charge is 0.416 e. The van der Waals surface area contributed by atoms with Crippen LogP contribution in [0.5, 0.6) is 0 Å². The summed E-state index contributed by atoms with van der Waals surface area (Å²) in [5, 5.41) is 3.46. The van der Waals surface area contributed by atoms with Crippen molar-refractivity contribution in [3.63, 3.8) is 0 Å². The number of nitrogens with two attached hydrogens (primary N) is 1. The molecule has 2 aromatic rings. The highest BCUT2D eigenvalue weighted by Gasteiger charge is 2.44. The third-order valence-electron chi connectivity index (χ3n) is 5.32. The molecule has 2 nitrogen and oxygen atoms in total. The molecule has 126 valence electrons. The minimum atomic E-state index is -4.32.